The van der Waals surface area contributed by atoms with Gasteiger partial charge in [0.2, 0.25) is 5.91 Å². The van der Waals surface area contributed by atoms with Gasteiger partial charge in [-0.2, -0.15) is 0 Å². The van der Waals surface area contributed by atoms with E-state index in [0.29, 0.717) is 31.6 Å². The summed E-state index contributed by atoms with van der Waals surface area (Å²) in [4.78, 5) is 13.9. The van der Waals surface area contributed by atoms with Crippen LogP contribution in [0.25, 0.3) is 0 Å². The quantitative estimate of drug-likeness (QED) is 0.849. The van der Waals surface area contributed by atoms with E-state index in [1.54, 1.807) is 17.0 Å². The summed E-state index contributed by atoms with van der Waals surface area (Å²) in [7, 11) is 0. The third-order valence-corrected chi connectivity index (χ3v) is 3.83. The molecule has 1 fully saturated rings. The van der Waals surface area contributed by atoms with Crippen LogP contribution in [0.4, 0.5) is 4.39 Å². The Kier molecular flexibility index (Phi) is 3.89. The van der Waals surface area contributed by atoms with Gasteiger partial charge in [-0.15, -0.1) is 5.10 Å². The third kappa shape index (κ3) is 3.07. The van der Waals surface area contributed by atoms with Crippen LogP contribution in [0.15, 0.2) is 30.6 Å². The van der Waals surface area contributed by atoms with E-state index in [-0.39, 0.29) is 17.6 Å². The molecule has 1 unspecified atom stereocenters. The Bertz CT molecular complexity index is 616. The van der Waals surface area contributed by atoms with Crippen molar-refractivity contribution in [3.63, 3.8) is 0 Å². The van der Waals surface area contributed by atoms with Crippen molar-refractivity contribution >= 4 is 5.91 Å². The molecule has 0 radical (unpaired) electrons. The Hall–Kier alpha value is -2.31. The van der Waals surface area contributed by atoms with Gasteiger partial charge in [0.25, 0.3) is 0 Å². The second kappa shape index (κ2) is 5.99. The number of hydrogen-bond acceptors (Lipinski definition) is 4. The van der Waals surface area contributed by atoms with E-state index < -0.39 is 0 Å². The average Bonchev–Trinajstić information content (AvgIpc) is 3.17. The number of benzene rings is 1. The second-order valence-electron chi connectivity index (χ2n) is 5.17. The van der Waals surface area contributed by atoms with Crippen LogP contribution < -0.4 is 0 Å². The molecule has 2 heterocycles. The van der Waals surface area contributed by atoms with Crippen molar-refractivity contribution in [2.45, 2.75) is 25.3 Å². The molecule has 21 heavy (non-hydrogen) atoms. The van der Waals surface area contributed by atoms with Crippen molar-refractivity contribution in [1.29, 1.82) is 0 Å². The summed E-state index contributed by atoms with van der Waals surface area (Å²) in [6, 6.07) is 6.79. The maximum Gasteiger partial charge on any atom is 0.224 e. The zero-order valence-electron chi connectivity index (χ0n) is 11.5. The Balaban J connectivity index is 1.57. The molecule has 3 rings (SSSR count). The molecule has 1 amide bonds. The summed E-state index contributed by atoms with van der Waals surface area (Å²) in [5, 5.41) is 10.8. The predicted octanol–water partition coefficient (Wildman–Crippen LogP) is 1.22. The lowest BCUT2D eigenvalue weighted by Crippen LogP contribution is -2.29. The number of halogens is 1. The fourth-order valence-electron chi connectivity index (χ4n) is 2.70. The Morgan fingerprint density at radius 2 is 2.24 bits per heavy atom. The monoisotopic (exact) mass is 289 g/mol. The lowest BCUT2D eigenvalue weighted by Gasteiger charge is -2.16. The number of rotatable bonds is 4. The van der Waals surface area contributed by atoms with E-state index in [9.17, 15) is 9.18 Å². The standard InChI is InChI=1S/C14H16FN5O/c15-13-4-2-1-3-12(13)11-5-7-19(9-11)14(21)6-8-20-10-16-17-18-20/h1-4,10-11H,5-9H2. The predicted molar refractivity (Wildman–Crippen MR) is 72.8 cm³/mol. The van der Waals surface area contributed by atoms with Crippen LogP contribution in [0.5, 0.6) is 0 Å². The molecule has 7 heteroatoms. The van der Waals surface area contributed by atoms with Gasteiger partial charge in [-0.25, -0.2) is 9.07 Å². The number of amides is 1. The zero-order chi connectivity index (χ0) is 14.7. The highest BCUT2D eigenvalue weighted by Crippen LogP contribution is 2.29. The lowest BCUT2D eigenvalue weighted by atomic mass is 9.98. The molecule has 0 aliphatic carbocycles. The van der Waals surface area contributed by atoms with E-state index in [1.807, 2.05) is 6.07 Å². The number of aromatic nitrogens is 4. The molecule has 1 aliphatic rings. The summed E-state index contributed by atoms with van der Waals surface area (Å²) < 4.78 is 15.3. The van der Waals surface area contributed by atoms with E-state index in [2.05, 4.69) is 15.5 Å². The molecule has 1 saturated heterocycles. The Morgan fingerprint density at radius 1 is 1.38 bits per heavy atom. The molecule has 1 aromatic carbocycles. The largest absolute Gasteiger partial charge is 0.342 e. The summed E-state index contributed by atoms with van der Waals surface area (Å²) in [5.41, 5.74) is 0.702. The first-order valence-electron chi connectivity index (χ1n) is 6.97. The van der Waals surface area contributed by atoms with Gasteiger partial charge < -0.3 is 4.90 Å². The fraction of sp³-hybridized carbons (Fsp3) is 0.429. The van der Waals surface area contributed by atoms with Crippen molar-refractivity contribution in [3.8, 4) is 0 Å². The summed E-state index contributed by atoms with van der Waals surface area (Å²) in [5.74, 6) is -0.0435. The van der Waals surface area contributed by atoms with Gasteiger partial charge in [0.15, 0.2) is 0 Å². The summed E-state index contributed by atoms with van der Waals surface area (Å²) >= 11 is 0. The summed E-state index contributed by atoms with van der Waals surface area (Å²) in [6.07, 6.45) is 2.64. The van der Waals surface area contributed by atoms with E-state index in [4.69, 9.17) is 0 Å². The number of carbonyl (C=O) groups excluding carboxylic acids is 1. The van der Waals surface area contributed by atoms with Crippen molar-refractivity contribution < 1.29 is 9.18 Å². The lowest BCUT2D eigenvalue weighted by molar-refractivity contribution is -0.130. The van der Waals surface area contributed by atoms with Crippen molar-refractivity contribution in [2.75, 3.05) is 13.1 Å². The van der Waals surface area contributed by atoms with Gasteiger partial charge >= 0.3 is 0 Å². The molecular formula is C14H16FN5O. The third-order valence-electron chi connectivity index (χ3n) is 3.83. The van der Waals surface area contributed by atoms with Crippen LogP contribution in [0.3, 0.4) is 0 Å². The SMILES string of the molecule is O=C(CCn1cnnn1)N1CCC(c2ccccc2F)C1. The molecular weight excluding hydrogens is 273 g/mol. The van der Waals surface area contributed by atoms with Crippen LogP contribution >= 0.6 is 0 Å². The van der Waals surface area contributed by atoms with Crippen LogP contribution in [0, 0.1) is 5.82 Å². The Morgan fingerprint density at radius 3 is 3.00 bits per heavy atom. The van der Waals surface area contributed by atoms with Crippen LogP contribution in [-0.4, -0.2) is 44.1 Å². The number of nitrogens with zero attached hydrogens (tertiary/aromatic N) is 5. The van der Waals surface area contributed by atoms with Crippen LogP contribution in [0.2, 0.25) is 0 Å². The van der Waals surface area contributed by atoms with Crippen molar-refractivity contribution in [3.05, 3.63) is 42.0 Å². The van der Waals surface area contributed by atoms with Gasteiger partial charge in [-0.1, -0.05) is 18.2 Å². The van der Waals surface area contributed by atoms with E-state index in [1.165, 1.54) is 17.1 Å². The van der Waals surface area contributed by atoms with E-state index >= 15 is 0 Å². The van der Waals surface area contributed by atoms with Gasteiger partial charge in [-0.3, -0.25) is 4.79 Å². The number of likely N-dealkylation sites (tertiary alicyclic amines) is 1. The minimum Gasteiger partial charge on any atom is -0.342 e. The van der Waals surface area contributed by atoms with Gasteiger partial charge in [0.1, 0.15) is 12.1 Å². The smallest absolute Gasteiger partial charge is 0.224 e. The van der Waals surface area contributed by atoms with Crippen molar-refractivity contribution in [1.82, 2.24) is 25.1 Å². The topological polar surface area (TPSA) is 63.9 Å². The number of hydrogen-bond donors (Lipinski definition) is 0. The molecule has 1 atom stereocenters. The Labute approximate surface area is 121 Å². The molecule has 0 bridgehead atoms. The highest BCUT2D eigenvalue weighted by molar-refractivity contribution is 5.76. The minimum absolute atomic E-state index is 0.0596. The fourth-order valence-corrected chi connectivity index (χ4v) is 2.70. The first-order valence-corrected chi connectivity index (χ1v) is 6.97. The normalized spacial score (nSPS) is 18.1. The molecule has 1 aliphatic heterocycles. The highest BCUT2D eigenvalue weighted by Gasteiger charge is 2.28. The number of tetrazole rings is 1. The average molecular weight is 289 g/mol. The highest BCUT2D eigenvalue weighted by atomic mass is 19.1. The van der Waals surface area contributed by atoms with Crippen LogP contribution in [0.1, 0.15) is 24.3 Å². The van der Waals surface area contributed by atoms with Gasteiger partial charge in [-0.05, 0) is 28.5 Å². The van der Waals surface area contributed by atoms with Gasteiger partial charge in [0, 0.05) is 25.4 Å². The minimum atomic E-state index is -0.189. The molecule has 0 saturated carbocycles. The molecule has 0 spiro atoms. The molecule has 1 aromatic heterocycles. The maximum atomic E-state index is 13.8. The number of carbonyl (C=O) groups is 1. The molecule has 2 aromatic rings. The maximum absolute atomic E-state index is 13.8. The van der Waals surface area contributed by atoms with Crippen LogP contribution in [-0.2, 0) is 11.3 Å². The number of aryl methyl sites for hydroxylation is 1. The first kappa shape index (κ1) is 13.7. The molecule has 6 nitrogen and oxygen atoms in total. The second-order valence-corrected chi connectivity index (χ2v) is 5.17. The summed E-state index contributed by atoms with van der Waals surface area (Å²) in [6.45, 7) is 1.72. The molecule has 0 N–H and O–H groups in total. The first-order chi connectivity index (χ1) is 10.2. The van der Waals surface area contributed by atoms with Gasteiger partial charge in [0.05, 0.1) is 6.54 Å². The zero-order valence-corrected chi connectivity index (χ0v) is 11.5. The van der Waals surface area contributed by atoms with Crippen molar-refractivity contribution in [2.24, 2.45) is 0 Å². The molecule has 110 valence electrons. The van der Waals surface area contributed by atoms with E-state index in [0.717, 1.165) is 6.42 Å².